The number of esters is 1. The Morgan fingerprint density at radius 1 is 1.35 bits per heavy atom. The topological polar surface area (TPSA) is 81.8 Å². The van der Waals surface area contributed by atoms with Gasteiger partial charge in [0, 0.05) is 12.5 Å². The Balaban J connectivity index is 2.55. The smallest absolute Gasteiger partial charge is 0.305 e. The second-order valence-electron chi connectivity index (χ2n) is 4.50. The number of phenolic OH excluding ortho intramolecular Hbond substituents is 1. The van der Waals surface area contributed by atoms with Crippen LogP contribution in [0.4, 0.5) is 0 Å². The van der Waals surface area contributed by atoms with Crippen molar-refractivity contribution in [1.82, 2.24) is 0 Å². The fraction of sp³-hybridized carbons (Fsp3) is 0.533. The number of carbonyl (C=O) groups is 1. The number of hydrogen-bond donors (Lipinski definition) is 2. The zero-order valence-corrected chi connectivity index (χ0v) is 12.1. The molecule has 0 spiro atoms. The summed E-state index contributed by atoms with van der Waals surface area (Å²) in [7, 11) is 0. The van der Waals surface area contributed by atoms with Gasteiger partial charge in [-0.2, -0.15) is 0 Å². The van der Waals surface area contributed by atoms with Gasteiger partial charge in [0.05, 0.1) is 13.2 Å². The molecule has 0 saturated carbocycles. The minimum atomic E-state index is -0.241. The second kappa shape index (κ2) is 8.43. The summed E-state index contributed by atoms with van der Waals surface area (Å²) in [6.45, 7) is 4.50. The zero-order valence-electron chi connectivity index (χ0n) is 12.1. The predicted octanol–water partition coefficient (Wildman–Crippen LogP) is 2.00. The Hall–Kier alpha value is -1.75. The Morgan fingerprint density at radius 3 is 2.75 bits per heavy atom. The Morgan fingerprint density at radius 2 is 2.10 bits per heavy atom. The molecule has 20 heavy (non-hydrogen) atoms. The van der Waals surface area contributed by atoms with Gasteiger partial charge in [-0.25, -0.2) is 0 Å². The van der Waals surface area contributed by atoms with Crippen molar-refractivity contribution in [2.45, 2.75) is 39.2 Å². The lowest BCUT2D eigenvalue weighted by molar-refractivity contribution is -0.143. The fourth-order valence-electron chi connectivity index (χ4n) is 1.93. The monoisotopic (exact) mass is 281 g/mol. The van der Waals surface area contributed by atoms with E-state index in [0.29, 0.717) is 38.2 Å². The van der Waals surface area contributed by atoms with Crippen LogP contribution in [0.25, 0.3) is 0 Å². The van der Waals surface area contributed by atoms with Gasteiger partial charge in [0.2, 0.25) is 0 Å². The van der Waals surface area contributed by atoms with Crippen LogP contribution in [0, 0.1) is 0 Å². The van der Waals surface area contributed by atoms with Crippen LogP contribution in [0.1, 0.15) is 32.3 Å². The highest BCUT2D eigenvalue weighted by Gasteiger charge is 2.13. The van der Waals surface area contributed by atoms with Crippen LogP contribution in [-0.2, 0) is 16.0 Å². The number of ether oxygens (including phenoxy) is 2. The zero-order chi connectivity index (χ0) is 15.0. The first kappa shape index (κ1) is 16.3. The molecular weight excluding hydrogens is 258 g/mol. The van der Waals surface area contributed by atoms with Crippen molar-refractivity contribution in [1.29, 1.82) is 0 Å². The van der Waals surface area contributed by atoms with E-state index >= 15 is 0 Å². The van der Waals surface area contributed by atoms with Crippen LogP contribution < -0.4 is 10.5 Å². The fourth-order valence-corrected chi connectivity index (χ4v) is 1.93. The summed E-state index contributed by atoms with van der Waals surface area (Å²) in [6.07, 6.45) is 1.31. The van der Waals surface area contributed by atoms with Gasteiger partial charge < -0.3 is 20.3 Å². The summed E-state index contributed by atoms with van der Waals surface area (Å²) in [5.41, 5.74) is 6.71. The van der Waals surface area contributed by atoms with E-state index in [1.165, 1.54) is 0 Å². The maximum atomic E-state index is 11.3. The standard InChI is InChI=1S/C15H23NO4/c1-3-19-13-7-5-6-11(15(13)18)10-12(16)8-9-14(17)20-4-2/h5-7,12,18H,3-4,8-10,16H2,1-2H3. The van der Waals surface area contributed by atoms with Crippen molar-refractivity contribution in [3.8, 4) is 11.5 Å². The van der Waals surface area contributed by atoms with E-state index in [9.17, 15) is 9.90 Å². The highest BCUT2D eigenvalue weighted by atomic mass is 16.5. The quantitative estimate of drug-likeness (QED) is 0.712. The van der Waals surface area contributed by atoms with Crippen LogP contribution in [0.15, 0.2) is 18.2 Å². The lowest BCUT2D eigenvalue weighted by Crippen LogP contribution is -2.24. The Kier molecular flexibility index (Phi) is 6.87. The van der Waals surface area contributed by atoms with Gasteiger partial charge in [0.25, 0.3) is 0 Å². The number of para-hydroxylation sites is 1. The minimum absolute atomic E-state index is 0.126. The average molecular weight is 281 g/mol. The van der Waals surface area contributed by atoms with E-state index in [1.54, 1.807) is 13.0 Å². The number of benzene rings is 1. The molecule has 5 nitrogen and oxygen atoms in total. The van der Waals surface area contributed by atoms with Crippen molar-refractivity contribution < 1.29 is 19.4 Å². The maximum Gasteiger partial charge on any atom is 0.305 e. The van der Waals surface area contributed by atoms with E-state index < -0.39 is 0 Å². The third kappa shape index (κ3) is 5.09. The first-order valence-electron chi connectivity index (χ1n) is 6.93. The summed E-state index contributed by atoms with van der Waals surface area (Å²) in [5, 5.41) is 10.1. The summed E-state index contributed by atoms with van der Waals surface area (Å²) < 4.78 is 10.2. The first-order valence-corrected chi connectivity index (χ1v) is 6.93. The van der Waals surface area contributed by atoms with Crippen LogP contribution in [0.5, 0.6) is 11.5 Å². The molecule has 0 radical (unpaired) electrons. The lowest BCUT2D eigenvalue weighted by atomic mass is 10.0. The summed E-state index contributed by atoms with van der Waals surface area (Å²) >= 11 is 0. The van der Waals surface area contributed by atoms with Gasteiger partial charge in [-0.05, 0) is 38.3 Å². The van der Waals surface area contributed by atoms with Gasteiger partial charge in [-0.15, -0.1) is 0 Å². The van der Waals surface area contributed by atoms with E-state index in [-0.39, 0.29) is 17.8 Å². The largest absolute Gasteiger partial charge is 0.504 e. The third-order valence-electron chi connectivity index (χ3n) is 2.89. The normalized spacial score (nSPS) is 11.9. The van der Waals surface area contributed by atoms with Crippen LogP contribution in [-0.4, -0.2) is 30.3 Å². The van der Waals surface area contributed by atoms with Gasteiger partial charge in [0.15, 0.2) is 11.5 Å². The van der Waals surface area contributed by atoms with Gasteiger partial charge >= 0.3 is 5.97 Å². The van der Waals surface area contributed by atoms with Crippen LogP contribution in [0.3, 0.4) is 0 Å². The summed E-state index contributed by atoms with van der Waals surface area (Å²) in [4.78, 5) is 11.3. The molecule has 1 atom stereocenters. The van der Waals surface area contributed by atoms with Crippen molar-refractivity contribution in [2.75, 3.05) is 13.2 Å². The molecule has 3 N–H and O–H groups in total. The molecule has 0 aromatic heterocycles. The Labute approximate surface area is 119 Å². The molecule has 112 valence electrons. The number of rotatable bonds is 8. The van der Waals surface area contributed by atoms with E-state index in [1.807, 2.05) is 19.1 Å². The number of nitrogens with two attached hydrogens (primary N) is 1. The number of aromatic hydroxyl groups is 1. The van der Waals surface area contributed by atoms with Crippen molar-refractivity contribution >= 4 is 5.97 Å². The molecule has 0 aliphatic heterocycles. The second-order valence-corrected chi connectivity index (χ2v) is 4.50. The number of carbonyl (C=O) groups excluding carboxylic acids is 1. The predicted molar refractivity (Wildman–Crippen MR) is 76.8 cm³/mol. The van der Waals surface area contributed by atoms with Crippen LogP contribution in [0.2, 0.25) is 0 Å². The van der Waals surface area contributed by atoms with E-state index in [2.05, 4.69) is 0 Å². The molecule has 0 aliphatic carbocycles. The molecular formula is C15H23NO4. The molecule has 0 bridgehead atoms. The third-order valence-corrected chi connectivity index (χ3v) is 2.89. The SMILES string of the molecule is CCOC(=O)CCC(N)Cc1cccc(OCC)c1O. The summed E-state index contributed by atoms with van der Waals surface area (Å²) in [5.74, 6) is 0.346. The van der Waals surface area contributed by atoms with E-state index in [4.69, 9.17) is 15.2 Å². The van der Waals surface area contributed by atoms with Gasteiger partial charge in [-0.1, -0.05) is 12.1 Å². The number of phenols is 1. The lowest BCUT2D eigenvalue weighted by Gasteiger charge is -2.14. The molecule has 0 aliphatic rings. The molecule has 1 aromatic rings. The van der Waals surface area contributed by atoms with Gasteiger partial charge in [-0.3, -0.25) is 4.79 Å². The molecule has 1 aromatic carbocycles. The molecule has 0 amide bonds. The minimum Gasteiger partial charge on any atom is -0.504 e. The first-order chi connectivity index (χ1) is 9.58. The summed E-state index contributed by atoms with van der Waals surface area (Å²) in [6, 6.07) is 5.13. The molecule has 1 unspecified atom stereocenters. The average Bonchev–Trinajstić information content (AvgIpc) is 2.42. The van der Waals surface area contributed by atoms with Crippen molar-refractivity contribution in [3.05, 3.63) is 23.8 Å². The van der Waals surface area contributed by atoms with E-state index in [0.717, 1.165) is 5.56 Å². The molecule has 0 saturated heterocycles. The number of hydrogen-bond acceptors (Lipinski definition) is 5. The Bertz CT molecular complexity index is 434. The maximum absolute atomic E-state index is 11.3. The molecule has 0 heterocycles. The van der Waals surface area contributed by atoms with Crippen molar-refractivity contribution in [3.63, 3.8) is 0 Å². The highest BCUT2D eigenvalue weighted by Crippen LogP contribution is 2.30. The van der Waals surface area contributed by atoms with Gasteiger partial charge in [0.1, 0.15) is 0 Å². The van der Waals surface area contributed by atoms with Crippen molar-refractivity contribution in [2.24, 2.45) is 5.73 Å². The highest BCUT2D eigenvalue weighted by molar-refractivity contribution is 5.69. The molecule has 5 heteroatoms. The molecule has 0 fully saturated rings. The molecule has 1 rings (SSSR count). The van der Waals surface area contributed by atoms with Crippen LogP contribution >= 0.6 is 0 Å².